The number of aliphatic hydroxyl groups excluding tert-OH is 1. The molecule has 4 heterocycles. The molecular weight excluding hydrogens is 767 g/mol. The second-order valence-corrected chi connectivity index (χ2v) is 15.0. The number of unbranched alkanes of at least 4 members (excludes halogenated alkanes) is 3. The van der Waals surface area contributed by atoms with Gasteiger partial charge in [-0.3, -0.25) is 33.7 Å². The maximum atomic E-state index is 14.8. The van der Waals surface area contributed by atoms with Crippen molar-refractivity contribution in [3.05, 3.63) is 74.3 Å². The van der Waals surface area contributed by atoms with Crippen LogP contribution >= 0.6 is 0 Å². The number of imide groups is 1. The molecule has 5 amide bonds. The maximum Gasteiger partial charge on any atom is 0.257 e. The molecule has 0 aliphatic carbocycles. The van der Waals surface area contributed by atoms with Gasteiger partial charge < -0.3 is 39.9 Å². The summed E-state index contributed by atoms with van der Waals surface area (Å²) in [5.41, 5.74) is 3.31. The lowest BCUT2D eigenvalue weighted by molar-refractivity contribution is -0.137. The Morgan fingerprint density at radius 1 is 0.983 bits per heavy atom. The largest absolute Gasteiger partial charge is 0.381 e. The quantitative estimate of drug-likeness (QED) is 0.0391. The van der Waals surface area contributed by atoms with Gasteiger partial charge in [0.15, 0.2) is 6.29 Å². The van der Waals surface area contributed by atoms with Crippen molar-refractivity contribution in [2.45, 2.75) is 91.0 Å². The van der Waals surface area contributed by atoms with Crippen molar-refractivity contribution in [3.63, 3.8) is 0 Å². The van der Waals surface area contributed by atoms with E-state index in [-0.39, 0.29) is 74.2 Å². The first-order chi connectivity index (χ1) is 28.2. The van der Waals surface area contributed by atoms with Gasteiger partial charge in [-0.25, -0.2) is 9.37 Å². The normalized spacial score (nSPS) is 14.1. The summed E-state index contributed by atoms with van der Waals surface area (Å²) in [6.45, 7) is 5.48. The van der Waals surface area contributed by atoms with Crippen LogP contribution in [0.4, 0.5) is 4.39 Å². The Morgan fingerprint density at radius 2 is 1.73 bits per heavy atom. The predicted molar refractivity (Wildman–Crippen MR) is 213 cm³/mol. The number of aryl methyl sites for hydroxylation is 2. The molecule has 59 heavy (non-hydrogen) atoms. The van der Waals surface area contributed by atoms with Crippen LogP contribution in [0.1, 0.15) is 86.3 Å². The van der Waals surface area contributed by atoms with Gasteiger partial charge in [-0.2, -0.15) is 0 Å². The monoisotopic (exact) mass is 818 g/mol. The molecule has 5 rings (SSSR count). The summed E-state index contributed by atoms with van der Waals surface area (Å²) in [5.74, 6) is -2.66. The Hall–Kier alpha value is -5.65. The summed E-state index contributed by atoms with van der Waals surface area (Å²) in [6, 6.07) is 3.82. The molecule has 17 heteroatoms. The number of halogens is 1. The van der Waals surface area contributed by atoms with Crippen LogP contribution in [0.2, 0.25) is 0 Å². The minimum atomic E-state index is -1.54. The second kappa shape index (κ2) is 20.4. The van der Waals surface area contributed by atoms with Crippen molar-refractivity contribution in [1.29, 1.82) is 0 Å². The number of carbonyl (C=O) groups is 6. The molecule has 1 aromatic carbocycles. The van der Waals surface area contributed by atoms with Crippen molar-refractivity contribution in [2.75, 3.05) is 33.5 Å². The average molecular weight is 819 g/mol. The number of nitrogens with one attached hydrogen (secondary N) is 3. The number of carbonyl (C=O) groups excluding carboxylic acids is 6. The van der Waals surface area contributed by atoms with E-state index in [0.717, 1.165) is 21.4 Å². The lowest BCUT2D eigenvalue weighted by Crippen LogP contribution is -2.51. The summed E-state index contributed by atoms with van der Waals surface area (Å²) in [4.78, 5) is 92.2. The molecule has 0 radical (unpaired) electrons. The number of amides is 5. The van der Waals surface area contributed by atoms with E-state index in [4.69, 9.17) is 14.5 Å². The van der Waals surface area contributed by atoms with E-state index in [0.29, 0.717) is 73.9 Å². The topological polar surface area (TPSA) is 215 Å². The van der Waals surface area contributed by atoms with Gasteiger partial charge in [0.05, 0.1) is 36.6 Å². The van der Waals surface area contributed by atoms with E-state index in [9.17, 15) is 43.1 Å². The first kappa shape index (κ1) is 44.5. The van der Waals surface area contributed by atoms with Crippen LogP contribution in [0.15, 0.2) is 35.1 Å². The van der Waals surface area contributed by atoms with Crippen molar-refractivity contribution in [1.82, 2.24) is 30.4 Å². The minimum absolute atomic E-state index is 0.0985. The molecule has 0 spiro atoms. The third kappa shape index (κ3) is 10.7. The fourth-order valence-corrected chi connectivity index (χ4v) is 7.23. The van der Waals surface area contributed by atoms with Crippen molar-refractivity contribution in [3.8, 4) is 11.4 Å². The molecule has 4 N–H and O–H groups in total. The Labute approximate surface area is 340 Å². The summed E-state index contributed by atoms with van der Waals surface area (Å²) in [5, 5.41) is 19.1. The van der Waals surface area contributed by atoms with Gasteiger partial charge in [-0.05, 0) is 68.2 Å². The van der Waals surface area contributed by atoms with Gasteiger partial charge in [0.1, 0.15) is 24.7 Å². The van der Waals surface area contributed by atoms with Crippen LogP contribution in [0, 0.1) is 18.7 Å². The maximum absolute atomic E-state index is 14.8. The van der Waals surface area contributed by atoms with Gasteiger partial charge in [-0.15, -0.1) is 0 Å². The molecule has 316 valence electrons. The van der Waals surface area contributed by atoms with Crippen molar-refractivity contribution >= 4 is 46.7 Å². The van der Waals surface area contributed by atoms with E-state index >= 15 is 0 Å². The SMILES string of the molecule is COCc1c(C(O)C=O)cc2n(c1=O)Cc1c-2nc2cc(F)c(C)cc2c1CCCCOCNC(=O)CNC(=O)C(NC(=O)CCCCCN1C(=O)C=CC1=O)C(C)C. The first-order valence-corrected chi connectivity index (χ1v) is 19.7. The van der Waals surface area contributed by atoms with Gasteiger partial charge in [-0.1, -0.05) is 20.3 Å². The highest BCUT2D eigenvalue weighted by Crippen LogP contribution is 2.38. The highest BCUT2D eigenvalue weighted by molar-refractivity contribution is 6.12. The number of hydrogen-bond donors (Lipinski definition) is 4. The van der Waals surface area contributed by atoms with Gasteiger partial charge in [0.2, 0.25) is 17.7 Å². The highest BCUT2D eigenvalue weighted by atomic mass is 19.1. The molecule has 0 saturated heterocycles. The molecule has 2 aromatic heterocycles. The van der Waals surface area contributed by atoms with E-state index in [2.05, 4.69) is 16.0 Å². The standard InChI is InChI=1S/C42H51FN6O10/c1-24(2)39(47-35(52)11-6-5-8-14-48-37(54)12-13-38(48)55)41(56)44-19-36(53)45-23-59-15-9-7-10-26-27-16-25(3)31(43)18-32(27)46-40-29(26)20-49-33(40)17-28(34(51)21-50)30(22-58-4)42(49)57/h12-13,16-18,21,24,34,39,51H,5-11,14-15,19-20,22-23H2,1-4H3,(H,44,56)(H,45,53)(H,47,52). The molecule has 2 atom stereocenters. The number of aldehydes is 1. The number of pyridine rings is 2. The molecule has 16 nitrogen and oxygen atoms in total. The fourth-order valence-electron chi connectivity index (χ4n) is 7.23. The van der Waals surface area contributed by atoms with Crippen LogP contribution in [0.5, 0.6) is 0 Å². The van der Waals surface area contributed by atoms with E-state index in [1.165, 1.54) is 29.9 Å². The van der Waals surface area contributed by atoms with Crippen molar-refractivity contribution in [2.24, 2.45) is 5.92 Å². The number of aromatic nitrogens is 2. The second-order valence-electron chi connectivity index (χ2n) is 15.0. The van der Waals surface area contributed by atoms with E-state index in [1.54, 1.807) is 32.9 Å². The molecule has 0 saturated carbocycles. The molecule has 3 aromatic rings. The zero-order valence-corrected chi connectivity index (χ0v) is 33.7. The Kier molecular flexibility index (Phi) is 15.3. The first-order valence-electron chi connectivity index (χ1n) is 19.7. The summed E-state index contributed by atoms with van der Waals surface area (Å²) in [6.07, 6.45) is 4.89. The smallest absolute Gasteiger partial charge is 0.257 e. The Bertz CT molecular complexity index is 2180. The molecule has 0 bridgehead atoms. The van der Waals surface area contributed by atoms with Crippen LogP contribution in [0.25, 0.3) is 22.3 Å². The molecule has 2 aliphatic rings. The number of rotatable bonds is 22. The lowest BCUT2D eigenvalue weighted by atomic mass is 9.95. The van der Waals surface area contributed by atoms with Gasteiger partial charge in [0, 0.05) is 67.0 Å². The van der Waals surface area contributed by atoms with Crippen LogP contribution in [0.3, 0.4) is 0 Å². The fraction of sp³-hybridized carbons (Fsp3) is 0.476. The van der Waals surface area contributed by atoms with Crippen LogP contribution < -0.4 is 21.5 Å². The number of benzene rings is 1. The average Bonchev–Trinajstić information content (AvgIpc) is 3.74. The number of fused-ring (bicyclic) bond motifs is 4. The third-order valence-electron chi connectivity index (χ3n) is 10.4. The zero-order chi connectivity index (χ0) is 42.8. The number of aliphatic hydroxyl groups is 1. The number of hydrogen-bond acceptors (Lipinski definition) is 11. The van der Waals surface area contributed by atoms with Gasteiger partial charge in [0.25, 0.3) is 17.4 Å². The number of methoxy groups -OCH3 is 1. The zero-order valence-electron chi connectivity index (χ0n) is 33.7. The third-order valence-corrected chi connectivity index (χ3v) is 10.4. The summed E-state index contributed by atoms with van der Waals surface area (Å²) in [7, 11) is 1.41. The number of nitrogens with zero attached hydrogens (tertiary/aromatic N) is 3. The highest BCUT2D eigenvalue weighted by Gasteiger charge is 2.30. The molecule has 0 fully saturated rings. The lowest BCUT2D eigenvalue weighted by Gasteiger charge is -2.21. The van der Waals surface area contributed by atoms with Crippen LogP contribution in [-0.2, 0) is 57.8 Å². The van der Waals surface area contributed by atoms with Gasteiger partial charge >= 0.3 is 0 Å². The summed E-state index contributed by atoms with van der Waals surface area (Å²) < 4.78 is 27.1. The molecule has 2 aliphatic heterocycles. The summed E-state index contributed by atoms with van der Waals surface area (Å²) >= 11 is 0. The minimum Gasteiger partial charge on any atom is -0.381 e. The Morgan fingerprint density at radius 3 is 2.42 bits per heavy atom. The predicted octanol–water partition coefficient (Wildman–Crippen LogP) is 2.41. The molecular formula is C42H51FN6O10. The van der Waals surface area contributed by atoms with Crippen molar-refractivity contribution < 1.29 is 47.7 Å². The van der Waals surface area contributed by atoms with E-state index < -0.39 is 35.3 Å². The molecule has 2 unspecified atom stereocenters. The Balaban J connectivity index is 1.08. The van der Waals surface area contributed by atoms with E-state index in [1.807, 2.05) is 0 Å². The number of ether oxygens (including phenoxy) is 2. The van der Waals surface area contributed by atoms with Crippen LogP contribution in [-0.4, -0.2) is 95.0 Å².